The first-order valence-electron chi connectivity index (χ1n) is 12.6. The molecule has 0 saturated heterocycles. The summed E-state index contributed by atoms with van der Waals surface area (Å²) in [6.07, 6.45) is 12.0. The van der Waals surface area contributed by atoms with Crippen LogP contribution in [0.4, 0.5) is 22.2 Å². The fourth-order valence-corrected chi connectivity index (χ4v) is 5.58. The van der Waals surface area contributed by atoms with Gasteiger partial charge in [-0.05, 0) is 93.9 Å². The summed E-state index contributed by atoms with van der Waals surface area (Å²) >= 11 is 0. The maximum atomic E-state index is 12.5. The molecule has 1 saturated carbocycles. The number of aromatic nitrogens is 2. The summed E-state index contributed by atoms with van der Waals surface area (Å²) in [5.41, 5.74) is 6.22. The van der Waals surface area contributed by atoms with Crippen LogP contribution in [0, 0.1) is 0 Å². The van der Waals surface area contributed by atoms with Crippen LogP contribution in [0.3, 0.4) is 0 Å². The van der Waals surface area contributed by atoms with Crippen molar-refractivity contribution in [1.82, 2.24) is 15.3 Å². The molecule has 7 heteroatoms. The van der Waals surface area contributed by atoms with Crippen LogP contribution < -0.4 is 20.9 Å². The minimum atomic E-state index is -0.0991. The lowest BCUT2D eigenvalue weighted by atomic mass is 9.91. The van der Waals surface area contributed by atoms with Crippen LogP contribution in [0.2, 0.25) is 0 Å². The summed E-state index contributed by atoms with van der Waals surface area (Å²) in [4.78, 5) is 24.3. The molecule has 33 heavy (non-hydrogen) atoms. The number of aryl methyl sites for hydroxylation is 3. The maximum absolute atomic E-state index is 12.5. The highest BCUT2D eigenvalue weighted by atomic mass is 16.2. The van der Waals surface area contributed by atoms with Crippen molar-refractivity contribution in [3.05, 3.63) is 40.6 Å². The fraction of sp³-hybridized carbons (Fsp3) is 0.577. The molecule has 3 N–H and O–H groups in total. The monoisotopic (exact) mass is 448 g/mol. The molecule has 0 aliphatic heterocycles. The zero-order valence-corrected chi connectivity index (χ0v) is 19.9. The number of urea groups is 1. The van der Waals surface area contributed by atoms with Crippen molar-refractivity contribution < 1.29 is 4.79 Å². The van der Waals surface area contributed by atoms with Crippen molar-refractivity contribution >= 4 is 23.5 Å². The molecule has 2 aromatic rings. The SMILES string of the molecule is CN(C)c1nc(N[C@H]2CC[C@@H](NC(=O)Nc3ccc4c(c3)CCC4)CC2)nc2c1CCCC2. The second-order valence-electron chi connectivity index (χ2n) is 10.0. The predicted octanol–water partition coefficient (Wildman–Crippen LogP) is 4.45. The van der Waals surface area contributed by atoms with E-state index in [1.807, 2.05) is 6.07 Å². The molecule has 3 aliphatic carbocycles. The van der Waals surface area contributed by atoms with Crippen molar-refractivity contribution in [3.63, 3.8) is 0 Å². The van der Waals surface area contributed by atoms with Crippen LogP contribution in [0.25, 0.3) is 0 Å². The molecular formula is C26H36N6O. The zero-order chi connectivity index (χ0) is 22.8. The Labute approximate surface area is 196 Å². The smallest absolute Gasteiger partial charge is 0.319 e. The molecule has 7 nitrogen and oxygen atoms in total. The average molecular weight is 449 g/mol. The molecule has 2 amide bonds. The third-order valence-corrected chi connectivity index (χ3v) is 7.34. The number of carbonyl (C=O) groups is 1. The molecule has 0 atom stereocenters. The third kappa shape index (κ3) is 5.07. The summed E-state index contributed by atoms with van der Waals surface area (Å²) in [5.74, 6) is 1.81. The molecule has 3 aliphatic rings. The number of benzene rings is 1. The second-order valence-corrected chi connectivity index (χ2v) is 10.0. The highest BCUT2D eigenvalue weighted by molar-refractivity contribution is 5.89. The first-order valence-corrected chi connectivity index (χ1v) is 12.6. The second kappa shape index (κ2) is 9.57. The van der Waals surface area contributed by atoms with Gasteiger partial charge in [0, 0.05) is 37.4 Å². The normalized spacial score (nSPS) is 21.6. The minimum absolute atomic E-state index is 0.0991. The topological polar surface area (TPSA) is 82.2 Å². The Bertz CT molecular complexity index is 1010. The van der Waals surface area contributed by atoms with E-state index in [0.29, 0.717) is 6.04 Å². The molecule has 1 aromatic carbocycles. The van der Waals surface area contributed by atoms with Crippen molar-refractivity contribution in [3.8, 4) is 0 Å². The Balaban J connectivity index is 1.13. The number of anilines is 3. The molecule has 1 fully saturated rings. The highest BCUT2D eigenvalue weighted by Crippen LogP contribution is 2.29. The van der Waals surface area contributed by atoms with Gasteiger partial charge in [-0.15, -0.1) is 0 Å². The summed E-state index contributed by atoms with van der Waals surface area (Å²) in [6.45, 7) is 0. The minimum Gasteiger partial charge on any atom is -0.362 e. The summed E-state index contributed by atoms with van der Waals surface area (Å²) in [6, 6.07) is 6.75. The Morgan fingerprint density at radius 3 is 2.48 bits per heavy atom. The van der Waals surface area contributed by atoms with E-state index in [1.54, 1.807) is 0 Å². The number of nitrogens with one attached hydrogen (secondary N) is 3. The lowest BCUT2D eigenvalue weighted by molar-refractivity contribution is 0.243. The van der Waals surface area contributed by atoms with Crippen molar-refractivity contribution in [1.29, 1.82) is 0 Å². The van der Waals surface area contributed by atoms with Gasteiger partial charge in [0.25, 0.3) is 0 Å². The molecule has 1 aromatic heterocycles. The zero-order valence-electron chi connectivity index (χ0n) is 19.9. The van der Waals surface area contributed by atoms with E-state index < -0.39 is 0 Å². The van der Waals surface area contributed by atoms with Gasteiger partial charge in [-0.25, -0.2) is 9.78 Å². The van der Waals surface area contributed by atoms with E-state index in [0.717, 1.165) is 68.8 Å². The number of fused-ring (bicyclic) bond motifs is 2. The van der Waals surface area contributed by atoms with Crippen LogP contribution in [-0.4, -0.2) is 42.2 Å². The van der Waals surface area contributed by atoms with Gasteiger partial charge in [-0.2, -0.15) is 4.98 Å². The molecule has 0 bridgehead atoms. The lowest BCUT2D eigenvalue weighted by Gasteiger charge is -2.30. The van der Waals surface area contributed by atoms with Crippen molar-refractivity contribution in [2.24, 2.45) is 0 Å². The number of hydrogen-bond donors (Lipinski definition) is 3. The van der Waals surface area contributed by atoms with Gasteiger partial charge in [0.1, 0.15) is 5.82 Å². The van der Waals surface area contributed by atoms with Crippen LogP contribution in [0.15, 0.2) is 18.2 Å². The number of amides is 2. The van der Waals surface area contributed by atoms with Gasteiger partial charge in [0.15, 0.2) is 0 Å². The number of rotatable bonds is 5. The molecule has 0 radical (unpaired) electrons. The molecular weight excluding hydrogens is 412 g/mol. The predicted molar refractivity (Wildman–Crippen MR) is 133 cm³/mol. The number of nitrogens with zero attached hydrogens (tertiary/aromatic N) is 3. The first-order chi connectivity index (χ1) is 16.0. The van der Waals surface area contributed by atoms with Crippen LogP contribution in [0.1, 0.15) is 67.3 Å². The van der Waals surface area contributed by atoms with E-state index in [4.69, 9.17) is 9.97 Å². The first kappa shape index (κ1) is 22.0. The molecule has 176 valence electrons. The van der Waals surface area contributed by atoms with E-state index in [-0.39, 0.29) is 12.1 Å². The highest BCUT2D eigenvalue weighted by Gasteiger charge is 2.25. The standard InChI is InChI=1S/C26H36N6O/c1-32(2)24-22-8-3-4-9-23(22)30-25(31-24)27-19-12-14-20(15-13-19)28-26(33)29-21-11-10-17-6-5-7-18(17)16-21/h10-11,16,19-20H,3-9,12-15H2,1-2H3,(H,27,30,31)(H2,28,29,33)/t19-,20+. The summed E-state index contributed by atoms with van der Waals surface area (Å²) in [7, 11) is 4.12. The van der Waals surface area contributed by atoms with Gasteiger partial charge in [-0.3, -0.25) is 0 Å². The van der Waals surface area contributed by atoms with Crippen LogP contribution in [-0.2, 0) is 25.7 Å². The van der Waals surface area contributed by atoms with Gasteiger partial charge in [-0.1, -0.05) is 6.07 Å². The molecule has 0 spiro atoms. The number of hydrogen-bond acceptors (Lipinski definition) is 5. The van der Waals surface area contributed by atoms with Crippen molar-refractivity contribution in [2.75, 3.05) is 29.6 Å². The largest absolute Gasteiger partial charge is 0.362 e. The molecule has 1 heterocycles. The Morgan fingerprint density at radius 2 is 1.67 bits per heavy atom. The van der Waals surface area contributed by atoms with Gasteiger partial charge in [0.05, 0.1) is 5.69 Å². The molecule has 5 rings (SSSR count). The van der Waals surface area contributed by atoms with Crippen LogP contribution >= 0.6 is 0 Å². The third-order valence-electron chi connectivity index (χ3n) is 7.34. The lowest BCUT2D eigenvalue weighted by Crippen LogP contribution is -2.42. The molecule has 0 unspecified atom stereocenters. The van der Waals surface area contributed by atoms with Crippen LogP contribution in [0.5, 0.6) is 0 Å². The van der Waals surface area contributed by atoms with Gasteiger partial charge >= 0.3 is 6.03 Å². The fourth-order valence-electron chi connectivity index (χ4n) is 5.58. The quantitative estimate of drug-likeness (QED) is 0.629. The van der Waals surface area contributed by atoms with Gasteiger partial charge in [0.2, 0.25) is 5.95 Å². The maximum Gasteiger partial charge on any atom is 0.319 e. The number of carbonyl (C=O) groups excluding carboxylic acids is 1. The Kier molecular flexibility index (Phi) is 6.38. The van der Waals surface area contributed by atoms with E-state index in [2.05, 4.69) is 47.1 Å². The van der Waals surface area contributed by atoms with E-state index >= 15 is 0 Å². The van der Waals surface area contributed by atoms with E-state index in [9.17, 15) is 4.79 Å². The van der Waals surface area contributed by atoms with E-state index in [1.165, 1.54) is 41.6 Å². The van der Waals surface area contributed by atoms with Gasteiger partial charge < -0.3 is 20.9 Å². The Morgan fingerprint density at radius 1 is 0.909 bits per heavy atom. The Hall–Kier alpha value is -2.83. The summed E-state index contributed by atoms with van der Waals surface area (Å²) in [5, 5.41) is 9.78. The summed E-state index contributed by atoms with van der Waals surface area (Å²) < 4.78 is 0. The average Bonchev–Trinajstić information content (AvgIpc) is 3.27. The van der Waals surface area contributed by atoms with Crippen molar-refractivity contribution in [2.45, 2.75) is 82.7 Å².